The number of alkyl carbamates (subject to hydrolysis) is 2. The Kier molecular flexibility index (Phi) is 16.6. The molecule has 0 radical (unpaired) electrons. The summed E-state index contributed by atoms with van der Waals surface area (Å²) in [6.45, 7) is 37.1. The average molecular weight is 955 g/mol. The lowest BCUT2D eigenvalue weighted by molar-refractivity contribution is -0.138. The standard InChI is InChI=1S/C19H30BNO4.C13H15BrF3NO2.C12H24B2O4/c1-13-11-15(20-24-18(5,6)19(7,8)25-20)10-9-14(13)12-21-16(22)23-17(2,3)4;1-12(2,3)20-11(19)18-7-8-4-5-9(14)6-10(8)13(15,16)17;1-9(2)10(3,4)16-13(15-9)14-17-11(5,6)12(7,8)18-14/h9-11H,12H2,1-8H3,(H,21,22);4-6H,7H2,1-3H3,(H,18,19);1-8H3. The lowest BCUT2D eigenvalue weighted by atomic mass is 9.49. The highest BCUT2D eigenvalue weighted by Crippen LogP contribution is 2.43. The molecule has 352 valence electrons. The van der Waals surface area contributed by atoms with Crippen LogP contribution in [0.5, 0.6) is 0 Å². The van der Waals surface area contributed by atoms with Gasteiger partial charge in [-0.05, 0) is 166 Å². The number of alkyl halides is 3. The van der Waals surface area contributed by atoms with Crippen LogP contribution >= 0.6 is 15.9 Å². The molecule has 2 N–H and O–H groups in total. The second-order valence-corrected chi connectivity index (χ2v) is 21.9. The van der Waals surface area contributed by atoms with Gasteiger partial charge in [0.05, 0.1) is 39.2 Å². The Balaban J connectivity index is 0.000000255. The lowest BCUT2D eigenvalue weighted by Gasteiger charge is -2.32. The van der Waals surface area contributed by atoms with E-state index in [1.54, 1.807) is 20.8 Å². The van der Waals surface area contributed by atoms with Crippen molar-refractivity contribution >= 4 is 54.7 Å². The third-order valence-electron chi connectivity index (χ3n) is 11.7. The number of carbonyl (C=O) groups excluding carboxylic acids is 2. The van der Waals surface area contributed by atoms with Crippen LogP contribution in [0.4, 0.5) is 22.8 Å². The number of carbonyl (C=O) groups is 2. The van der Waals surface area contributed by atoms with Crippen molar-refractivity contribution in [3.63, 3.8) is 0 Å². The van der Waals surface area contributed by atoms with Crippen LogP contribution in [-0.2, 0) is 56.7 Å². The van der Waals surface area contributed by atoms with E-state index in [1.807, 2.05) is 129 Å². The van der Waals surface area contributed by atoms with Crippen molar-refractivity contribution < 1.29 is 60.2 Å². The molecule has 0 aliphatic carbocycles. The van der Waals surface area contributed by atoms with Crippen LogP contribution in [-0.4, -0.2) is 78.1 Å². The number of nitrogens with one attached hydrogen (secondary N) is 2. The number of rotatable bonds is 6. The zero-order valence-electron chi connectivity index (χ0n) is 40.7. The number of aryl methyl sites for hydroxylation is 1. The van der Waals surface area contributed by atoms with Crippen LogP contribution in [0.2, 0.25) is 0 Å². The Morgan fingerprint density at radius 1 is 0.587 bits per heavy atom. The Morgan fingerprint density at radius 2 is 0.937 bits per heavy atom. The number of ether oxygens (including phenoxy) is 2. The first kappa shape index (κ1) is 54.5. The highest BCUT2D eigenvalue weighted by atomic mass is 79.9. The molecular formula is C44H69B3BrF3N2O10. The maximum Gasteiger partial charge on any atom is 0.494 e. The van der Waals surface area contributed by atoms with Crippen molar-refractivity contribution in [2.45, 2.75) is 196 Å². The monoisotopic (exact) mass is 954 g/mol. The van der Waals surface area contributed by atoms with E-state index in [0.717, 1.165) is 22.7 Å². The van der Waals surface area contributed by atoms with Crippen LogP contribution in [0.25, 0.3) is 0 Å². The number of hydrogen-bond donors (Lipinski definition) is 2. The molecule has 5 rings (SSSR count). The van der Waals surface area contributed by atoms with Gasteiger partial charge in [0.25, 0.3) is 0 Å². The van der Waals surface area contributed by atoms with E-state index in [9.17, 15) is 22.8 Å². The first-order valence-corrected chi connectivity index (χ1v) is 21.9. The lowest BCUT2D eigenvalue weighted by Crippen LogP contribution is -2.41. The van der Waals surface area contributed by atoms with E-state index in [-0.39, 0.29) is 52.8 Å². The van der Waals surface area contributed by atoms with E-state index in [0.29, 0.717) is 11.0 Å². The molecule has 2 aromatic rings. The van der Waals surface area contributed by atoms with Crippen molar-refractivity contribution in [2.24, 2.45) is 0 Å². The molecule has 12 nitrogen and oxygen atoms in total. The van der Waals surface area contributed by atoms with Crippen molar-refractivity contribution in [3.05, 3.63) is 63.1 Å². The molecule has 3 heterocycles. The van der Waals surface area contributed by atoms with E-state index < -0.39 is 49.1 Å². The van der Waals surface area contributed by atoms with E-state index >= 15 is 0 Å². The molecule has 0 unspecified atom stereocenters. The fourth-order valence-electron chi connectivity index (χ4n) is 5.97. The summed E-state index contributed by atoms with van der Waals surface area (Å²) >= 11 is 3.00. The molecule has 2 aromatic carbocycles. The molecule has 3 aliphatic rings. The Bertz CT molecular complexity index is 1850. The highest BCUT2D eigenvalue weighted by Gasteiger charge is 2.63. The number of halogens is 4. The predicted octanol–water partition coefficient (Wildman–Crippen LogP) is 10.1. The maximum absolute atomic E-state index is 12.9. The van der Waals surface area contributed by atoms with Gasteiger partial charge in [-0.3, -0.25) is 0 Å². The quantitative estimate of drug-likeness (QED) is 0.270. The summed E-state index contributed by atoms with van der Waals surface area (Å²) in [4.78, 5) is 23.2. The van der Waals surface area contributed by atoms with Gasteiger partial charge in [-0.2, -0.15) is 13.2 Å². The van der Waals surface area contributed by atoms with Crippen LogP contribution in [0, 0.1) is 6.92 Å². The fraction of sp³-hybridized carbons (Fsp3) is 0.682. The van der Waals surface area contributed by atoms with Crippen molar-refractivity contribution in [1.82, 2.24) is 10.6 Å². The number of benzene rings is 2. The van der Waals surface area contributed by atoms with Crippen LogP contribution in [0.3, 0.4) is 0 Å². The minimum absolute atomic E-state index is 0.0217. The minimum Gasteiger partial charge on any atom is -0.444 e. The van der Waals surface area contributed by atoms with Crippen molar-refractivity contribution in [1.29, 1.82) is 0 Å². The molecule has 63 heavy (non-hydrogen) atoms. The first-order valence-electron chi connectivity index (χ1n) is 21.1. The second kappa shape index (κ2) is 19.2. The SMILES string of the molecule is CC(C)(C)OC(=O)NCc1ccc(Br)cc1C(F)(F)F.CC1(C)OB(B2OC(C)(C)C(C)(C)O2)OC1(C)C.Cc1cc(B2OC(C)(C)C(C)(C)O2)ccc1CNC(=O)OC(C)(C)C. The first-order chi connectivity index (χ1) is 28.2. The smallest absolute Gasteiger partial charge is 0.444 e. The zero-order chi connectivity index (χ0) is 48.6. The molecule has 0 spiro atoms. The number of hydrogen-bond acceptors (Lipinski definition) is 10. The third-order valence-corrected chi connectivity index (χ3v) is 12.2. The molecule has 0 bridgehead atoms. The van der Waals surface area contributed by atoms with Gasteiger partial charge in [0, 0.05) is 17.6 Å². The van der Waals surface area contributed by atoms with Gasteiger partial charge >= 0.3 is 39.5 Å². The van der Waals surface area contributed by atoms with Gasteiger partial charge in [-0.15, -0.1) is 0 Å². The summed E-state index contributed by atoms with van der Waals surface area (Å²) in [5, 5.41) is 5.10. The second-order valence-electron chi connectivity index (χ2n) is 21.0. The zero-order valence-corrected chi connectivity index (χ0v) is 42.3. The summed E-state index contributed by atoms with van der Waals surface area (Å²) in [5.41, 5.74) is -1.08. The Labute approximate surface area is 383 Å². The fourth-order valence-corrected chi connectivity index (χ4v) is 6.33. The minimum atomic E-state index is -4.48. The molecule has 19 heteroatoms. The summed E-state index contributed by atoms with van der Waals surface area (Å²) in [6.07, 6.45) is -5.65. The Hall–Kier alpha value is -2.80. The molecule has 0 saturated carbocycles. The van der Waals surface area contributed by atoms with Crippen LogP contribution < -0.4 is 16.1 Å². The van der Waals surface area contributed by atoms with E-state index in [1.165, 1.54) is 12.1 Å². The van der Waals surface area contributed by atoms with E-state index in [4.69, 9.17) is 37.4 Å². The van der Waals surface area contributed by atoms with Gasteiger partial charge < -0.3 is 48.0 Å². The Morgan fingerprint density at radius 3 is 1.29 bits per heavy atom. The van der Waals surface area contributed by atoms with Crippen molar-refractivity contribution in [2.75, 3.05) is 0 Å². The van der Waals surface area contributed by atoms with Gasteiger partial charge in [-0.25, -0.2) is 9.59 Å². The summed E-state index contributed by atoms with van der Waals surface area (Å²) in [5.74, 6) is 0. The molecule has 0 atom stereocenters. The molecule has 3 aliphatic heterocycles. The number of amides is 2. The van der Waals surface area contributed by atoms with Crippen LogP contribution in [0.1, 0.15) is 147 Å². The molecule has 3 saturated heterocycles. The van der Waals surface area contributed by atoms with E-state index in [2.05, 4.69) is 26.6 Å². The van der Waals surface area contributed by atoms with Gasteiger partial charge in [-0.1, -0.05) is 40.2 Å². The summed E-state index contributed by atoms with van der Waals surface area (Å²) in [6, 6.07) is 9.81. The largest absolute Gasteiger partial charge is 0.494 e. The molecule has 0 aromatic heterocycles. The molecular weight excluding hydrogens is 886 g/mol. The topological polar surface area (TPSA) is 132 Å². The van der Waals surface area contributed by atoms with Gasteiger partial charge in [0.2, 0.25) is 0 Å². The third kappa shape index (κ3) is 14.9. The normalized spacial score (nSPS) is 20.5. The average Bonchev–Trinajstić information content (AvgIpc) is 3.55. The summed E-state index contributed by atoms with van der Waals surface area (Å²) < 4.78 is 85.2. The van der Waals surface area contributed by atoms with Crippen LogP contribution in [0.15, 0.2) is 40.9 Å². The molecule has 3 fully saturated rings. The van der Waals surface area contributed by atoms with Gasteiger partial charge in [0.15, 0.2) is 0 Å². The molecule has 2 amide bonds. The summed E-state index contributed by atoms with van der Waals surface area (Å²) in [7, 11) is -1.33. The predicted molar refractivity (Wildman–Crippen MR) is 244 cm³/mol. The van der Waals surface area contributed by atoms with Gasteiger partial charge in [0.1, 0.15) is 11.2 Å². The highest BCUT2D eigenvalue weighted by molar-refractivity contribution is 9.10. The maximum atomic E-state index is 12.9. The van der Waals surface area contributed by atoms with Crippen molar-refractivity contribution in [3.8, 4) is 0 Å².